The molecule has 0 aliphatic carbocycles. The van der Waals surface area contributed by atoms with Gasteiger partial charge in [-0.25, -0.2) is 17.8 Å². The summed E-state index contributed by atoms with van der Waals surface area (Å²) in [6.07, 6.45) is 2.03. The lowest BCUT2D eigenvalue weighted by Gasteiger charge is -2.15. The van der Waals surface area contributed by atoms with Gasteiger partial charge < -0.3 is 0 Å². The maximum Gasteiger partial charge on any atom is 0.242 e. The van der Waals surface area contributed by atoms with E-state index in [1.165, 1.54) is 23.5 Å². The van der Waals surface area contributed by atoms with E-state index in [1.54, 1.807) is 18.3 Å². The first-order chi connectivity index (χ1) is 10.5. The monoisotopic (exact) mass is 318 g/mol. The number of benzene rings is 1. The second-order valence-corrected chi connectivity index (χ2v) is 6.59. The topological polar surface area (TPSA) is 50.3 Å². The summed E-state index contributed by atoms with van der Waals surface area (Å²) in [5.74, 6) is 5.28. The molecule has 2 aromatic rings. The van der Waals surface area contributed by atoms with E-state index < -0.39 is 15.8 Å². The molecule has 2 rings (SSSR count). The standard InChI is InChI=1S/C16H15FN2O2S/c1-19(13-5-3-7-15-6-2-4-12-18-15)22(20,21)16-10-8-14(17)9-11-16/h2,4,6,8-12H,5,13H2,1H3. The lowest BCUT2D eigenvalue weighted by atomic mass is 10.3. The van der Waals surface area contributed by atoms with Gasteiger partial charge in [0.2, 0.25) is 10.0 Å². The molecule has 0 radical (unpaired) electrons. The quantitative estimate of drug-likeness (QED) is 0.813. The Hall–Kier alpha value is -2.23. The minimum absolute atomic E-state index is 0.0640. The van der Waals surface area contributed by atoms with Gasteiger partial charge >= 0.3 is 0 Å². The van der Waals surface area contributed by atoms with Crippen LogP contribution in [0.1, 0.15) is 12.1 Å². The number of nitrogens with zero attached hydrogens (tertiary/aromatic N) is 2. The fourth-order valence-corrected chi connectivity index (χ4v) is 2.88. The highest BCUT2D eigenvalue weighted by molar-refractivity contribution is 7.89. The highest BCUT2D eigenvalue weighted by atomic mass is 32.2. The van der Waals surface area contributed by atoms with Crippen LogP contribution in [0.5, 0.6) is 0 Å². The smallest absolute Gasteiger partial charge is 0.242 e. The molecule has 4 nitrogen and oxygen atoms in total. The first kappa shape index (κ1) is 16.1. The Labute approximate surface area is 129 Å². The minimum atomic E-state index is -3.62. The zero-order chi connectivity index (χ0) is 16.0. The summed E-state index contributed by atoms with van der Waals surface area (Å²) >= 11 is 0. The van der Waals surface area contributed by atoms with E-state index in [9.17, 15) is 12.8 Å². The Bertz CT molecular complexity index is 778. The predicted octanol–water partition coefficient (Wildman–Crippen LogP) is 2.28. The lowest BCUT2D eigenvalue weighted by Crippen LogP contribution is -2.27. The average Bonchev–Trinajstić information content (AvgIpc) is 2.52. The highest BCUT2D eigenvalue weighted by Gasteiger charge is 2.19. The van der Waals surface area contributed by atoms with Crippen molar-refractivity contribution in [2.24, 2.45) is 0 Å². The number of hydrogen-bond acceptors (Lipinski definition) is 3. The van der Waals surface area contributed by atoms with Crippen molar-refractivity contribution in [2.45, 2.75) is 11.3 Å². The molecule has 0 atom stereocenters. The van der Waals surface area contributed by atoms with Crippen LogP contribution < -0.4 is 0 Å². The van der Waals surface area contributed by atoms with E-state index in [0.717, 1.165) is 12.1 Å². The molecule has 0 aliphatic rings. The van der Waals surface area contributed by atoms with E-state index in [-0.39, 0.29) is 11.4 Å². The molecule has 0 unspecified atom stereocenters. The van der Waals surface area contributed by atoms with Crippen LogP contribution in [-0.4, -0.2) is 31.3 Å². The van der Waals surface area contributed by atoms with Crippen molar-refractivity contribution in [3.63, 3.8) is 0 Å². The molecule has 0 N–H and O–H groups in total. The van der Waals surface area contributed by atoms with E-state index in [2.05, 4.69) is 16.8 Å². The number of pyridine rings is 1. The van der Waals surface area contributed by atoms with E-state index >= 15 is 0 Å². The largest absolute Gasteiger partial charge is 0.248 e. The lowest BCUT2D eigenvalue weighted by molar-refractivity contribution is 0.477. The third-order valence-electron chi connectivity index (χ3n) is 2.95. The Morgan fingerprint density at radius 1 is 1.18 bits per heavy atom. The van der Waals surface area contributed by atoms with Gasteiger partial charge in [-0.05, 0) is 42.3 Å². The molecule has 0 saturated heterocycles. The zero-order valence-corrected chi connectivity index (χ0v) is 12.8. The summed E-state index contributed by atoms with van der Waals surface area (Å²) in [6, 6.07) is 10.2. The van der Waals surface area contributed by atoms with Gasteiger partial charge in [0, 0.05) is 26.2 Å². The molecule has 0 spiro atoms. The van der Waals surface area contributed by atoms with Crippen LogP contribution >= 0.6 is 0 Å². The molecule has 114 valence electrons. The molecule has 1 aromatic heterocycles. The van der Waals surface area contributed by atoms with Gasteiger partial charge in [-0.2, -0.15) is 4.31 Å². The summed E-state index contributed by atoms with van der Waals surface area (Å²) < 4.78 is 38.6. The Balaban J connectivity index is 1.98. The molecule has 0 bridgehead atoms. The van der Waals surface area contributed by atoms with E-state index in [1.807, 2.05) is 6.07 Å². The van der Waals surface area contributed by atoms with Crippen LogP contribution in [0.15, 0.2) is 53.6 Å². The maximum absolute atomic E-state index is 12.9. The zero-order valence-electron chi connectivity index (χ0n) is 12.0. The van der Waals surface area contributed by atoms with Gasteiger partial charge in [0.25, 0.3) is 0 Å². The maximum atomic E-state index is 12.9. The first-order valence-electron chi connectivity index (χ1n) is 6.62. The van der Waals surface area contributed by atoms with Crippen molar-refractivity contribution < 1.29 is 12.8 Å². The number of hydrogen-bond donors (Lipinski definition) is 0. The summed E-state index contributed by atoms with van der Waals surface area (Å²) in [7, 11) is -2.14. The van der Waals surface area contributed by atoms with Crippen molar-refractivity contribution in [3.05, 3.63) is 60.2 Å². The van der Waals surface area contributed by atoms with Crippen molar-refractivity contribution >= 4 is 10.0 Å². The van der Waals surface area contributed by atoms with Gasteiger partial charge in [0.1, 0.15) is 11.5 Å². The molecule has 0 saturated carbocycles. The first-order valence-corrected chi connectivity index (χ1v) is 8.06. The third-order valence-corrected chi connectivity index (χ3v) is 4.83. The van der Waals surface area contributed by atoms with Crippen LogP contribution in [0.2, 0.25) is 0 Å². The van der Waals surface area contributed by atoms with Crippen LogP contribution in [-0.2, 0) is 10.0 Å². The molecule has 22 heavy (non-hydrogen) atoms. The van der Waals surface area contributed by atoms with Gasteiger partial charge in [-0.15, -0.1) is 0 Å². The fraction of sp³-hybridized carbons (Fsp3) is 0.188. The molecule has 0 fully saturated rings. The molecule has 1 aromatic carbocycles. The molecule has 0 amide bonds. The van der Waals surface area contributed by atoms with Gasteiger partial charge in [0.15, 0.2) is 0 Å². The van der Waals surface area contributed by atoms with Crippen LogP contribution in [0, 0.1) is 17.7 Å². The Morgan fingerprint density at radius 3 is 2.55 bits per heavy atom. The van der Waals surface area contributed by atoms with Crippen LogP contribution in [0.25, 0.3) is 0 Å². The number of halogens is 1. The van der Waals surface area contributed by atoms with E-state index in [0.29, 0.717) is 12.1 Å². The van der Waals surface area contributed by atoms with Crippen molar-refractivity contribution in [1.29, 1.82) is 0 Å². The molecular formula is C16H15FN2O2S. The molecule has 1 heterocycles. The van der Waals surface area contributed by atoms with Crippen LogP contribution in [0.4, 0.5) is 4.39 Å². The normalized spacial score (nSPS) is 11.0. The summed E-state index contributed by atoms with van der Waals surface area (Å²) in [5, 5.41) is 0. The third kappa shape index (κ3) is 4.13. The van der Waals surface area contributed by atoms with Gasteiger partial charge in [-0.3, -0.25) is 0 Å². The molecular weight excluding hydrogens is 303 g/mol. The number of aromatic nitrogens is 1. The minimum Gasteiger partial charge on any atom is -0.248 e. The summed E-state index contributed by atoms with van der Waals surface area (Å²) in [4.78, 5) is 4.12. The highest BCUT2D eigenvalue weighted by Crippen LogP contribution is 2.14. The molecule has 0 aliphatic heterocycles. The molecule has 6 heteroatoms. The van der Waals surface area contributed by atoms with Gasteiger partial charge in [0.05, 0.1) is 4.90 Å². The van der Waals surface area contributed by atoms with E-state index in [4.69, 9.17) is 0 Å². The van der Waals surface area contributed by atoms with Gasteiger partial charge in [-0.1, -0.05) is 12.0 Å². The van der Waals surface area contributed by atoms with Crippen LogP contribution in [0.3, 0.4) is 0 Å². The van der Waals surface area contributed by atoms with Crippen molar-refractivity contribution in [2.75, 3.05) is 13.6 Å². The number of sulfonamides is 1. The Morgan fingerprint density at radius 2 is 1.91 bits per heavy atom. The summed E-state index contributed by atoms with van der Waals surface area (Å²) in [5.41, 5.74) is 0.645. The SMILES string of the molecule is CN(CCC#Cc1ccccn1)S(=O)(=O)c1ccc(F)cc1. The fourth-order valence-electron chi connectivity index (χ4n) is 1.71. The van der Waals surface area contributed by atoms with Crippen molar-refractivity contribution in [1.82, 2.24) is 9.29 Å². The second kappa shape index (κ2) is 7.16. The Kier molecular flexibility index (Phi) is 5.26. The second-order valence-electron chi connectivity index (χ2n) is 4.55. The summed E-state index contributed by atoms with van der Waals surface area (Å²) in [6.45, 7) is 0.250. The van der Waals surface area contributed by atoms with Crippen molar-refractivity contribution in [3.8, 4) is 11.8 Å². The predicted molar refractivity (Wildman–Crippen MR) is 81.9 cm³/mol. The number of rotatable bonds is 4. The average molecular weight is 318 g/mol.